The molecule has 0 amide bonds. The van der Waals surface area contributed by atoms with Gasteiger partial charge in [0.05, 0.1) is 6.54 Å². The molecular weight excluding hydrogens is 330 g/mol. The van der Waals surface area contributed by atoms with Crippen molar-refractivity contribution in [2.75, 3.05) is 13.2 Å². The molecule has 3 unspecified atom stereocenters. The summed E-state index contributed by atoms with van der Waals surface area (Å²) in [6, 6.07) is 10.8. The molecule has 0 radical (unpaired) electrons. The summed E-state index contributed by atoms with van der Waals surface area (Å²) in [5.41, 5.74) is 1.34. The zero-order valence-electron chi connectivity index (χ0n) is 16.2. The Morgan fingerprint density at radius 3 is 2.44 bits per heavy atom. The first-order chi connectivity index (χ1) is 11.6. The minimum absolute atomic E-state index is 0.0297. The summed E-state index contributed by atoms with van der Waals surface area (Å²) in [6.07, 6.45) is 1.95. The Labute approximate surface area is 153 Å². The lowest BCUT2D eigenvalue weighted by atomic mass is 9.89. The summed E-state index contributed by atoms with van der Waals surface area (Å²) in [6.45, 7) is 12.2. The van der Waals surface area contributed by atoms with E-state index in [-0.39, 0.29) is 17.6 Å². The van der Waals surface area contributed by atoms with E-state index >= 15 is 0 Å². The molecule has 4 nitrogen and oxygen atoms in total. The molecule has 0 aromatic heterocycles. The molecule has 25 heavy (non-hydrogen) atoms. The number of carbonyl (C=O) groups is 1. The van der Waals surface area contributed by atoms with Crippen LogP contribution < -0.4 is 5.32 Å². The number of rotatable bonds is 7. The molecule has 0 heterocycles. The topological polar surface area (TPSA) is 58.6 Å². The van der Waals surface area contributed by atoms with E-state index in [1.165, 1.54) is 5.56 Å². The Hall–Kier alpha value is -1.17. The van der Waals surface area contributed by atoms with E-state index in [0.717, 1.165) is 19.4 Å². The summed E-state index contributed by atoms with van der Waals surface area (Å²) >= 11 is 0. The standard InChI is InChI=1S/C20H33NO3Si/c1-20(2,3)25(4,5)24-14-16-11-17(21-13-19(22)23)12-18(16)15-9-7-6-8-10-15/h6-10,16-18,21H,11-14H2,1-5H3,(H,22,23). The molecule has 2 N–H and O–H groups in total. The van der Waals surface area contributed by atoms with Crippen LogP contribution in [0.2, 0.25) is 18.1 Å². The first-order valence-corrected chi connectivity index (χ1v) is 12.1. The summed E-state index contributed by atoms with van der Waals surface area (Å²) in [7, 11) is -1.78. The number of hydrogen-bond acceptors (Lipinski definition) is 3. The molecule has 1 aromatic carbocycles. The number of hydrogen-bond donors (Lipinski definition) is 2. The third-order valence-electron chi connectivity index (χ3n) is 5.93. The van der Waals surface area contributed by atoms with Gasteiger partial charge >= 0.3 is 5.97 Å². The fraction of sp³-hybridized carbons (Fsp3) is 0.650. The van der Waals surface area contributed by atoms with Crippen molar-refractivity contribution in [1.82, 2.24) is 5.32 Å². The summed E-state index contributed by atoms with van der Waals surface area (Å²) < 4.78 is 6.50. The van der Waals surface area contributed by atoms with E-state index < -0.39 is 14.3 Å². The van der Waals surface area contributed by atoms with Gasteiger partial charge in [0.2, 0.25) is 0 Å². The monoisotopic (exact) mass is 363 g/mol. The molecule has 1 aliphatic carbocycles. The second-order valence-corrected chi connectivity index (χ2v) is 13.6. The molecule has 1 aromatic rings. The largest absolute Gasteiger partial charge is 0.480 e. The van der Waals surface area contributed by atoms with Gasteiger partial charge in [-0.3, -0.25) is 4.79 Å². The van der Waals surface area contributed by atoms with Crippen molar-refractivity contribution in [3.8, 4) is 0 Å². The fourth-order valence-corrected chi connectivity index (χ4v) is 4.41. The van der Waals surface area contributed by atoms with Gasteiger partial charge in [-0.15, -0.1) is 0 Å². The summed E-state index contributed by atoms with van der Waals surface area (Å²) in [4.78, 5) is 10.9. The molecule has 0 aliphatic heterocycles. The molecule has 1 aliphatic rings. The lowest BCUT2D eigenvalue weighted by Gasteiger charge is -2.37. The second kappa shape index (κ2) is 8.02. The highest BCUT2D eigenvalue weighted by atomic mass is 28.4. The zero-order valence-corrected chi connectivity index (χ0v) is 17.2. The Morgan fingerprint density at radius 2 is 1.88 bits per heavy atom. The van der Waals surface area contributed by atoms with Gasteiger partial charge in [-0.25, -0.2) is 0 Å². The molecule has 0 spiro atoms. The maximum Gasteiger partial charge on any atom is 0.317 e. The summed E-state index contributed by atoms with van der Waals surface area (Å²) in [5, 5.41) is 12.3. The predicted octanol–water partition coefficient (Wildman–Crippen LogP) is 4.24. The predicted molar refractivity (Wildman–Crippen MR) is 104 cm³/mol. The molecule has 1 fully saturated rings. The molecule has 2 rings (SSSR count). The zero-order chi connectivity index (χ0) is 18.7. The average molecular weight is 364 g/mol. The number of aliphatic carboxylic acids is 1. The highest BCUT2D eigenvalue weighted by Crippen LogP contribution is 2.42. The van der Waals surface area contributed by atoms with Gasteiger partial charge < -0.3 is 14.8 Å². The summed E-state index contributed by atoms with van der Waals surface area (Å²) in [5.74, 6) is 0.0670. The van der Waals surface area contributed by atoms with Crippen molar-refractivity contribution < 1.29 is 14.3 Å². The van der Waals surface area contributed by atoms with E-state index in [2.05, 4.69) is 63.4 Å². The van der Waals surface area contributed by atoms with Gasteiger partial charge in [-0.1, -0.05) is 51.1 Å². The number of carboxylic acid groups (broad SMARTS) is 1. The smallest absolute Gasteiger partial charge is 0.317 e. The van der Waals surface area contributed by atoms with E-state index in [1.54, 1.807) is 0 Å². The van der Waals surface area contributed by atoms with Crippen LogP contribution in [0, 0.1) is 5.92 Å². The quantitative estimate of drug-likeness (QED) is 0.711. The van der Waals surface area contributed by atoms with Crippen LogP contribution >= 0.6 is 0 Å². The van der Waals surface area contributed by atoms with Crippen LogP contribution in [0.4, 0.5) is 0 Å². The van der Waals surface area contributed by atoms with E-state index in [9.17, 15) is 4.79 Å². The molecule has 1 saturated carbocycles. The van der Waals surface area contributed by atoms with Crippen molar-refractivity contribution in [2.45, 2.75) is 63.7 Å². The van der Waals surface area contributed by atoms with Crippen LogP contribution in [0.1, 0.15) is 45.1 Å². The van der Waals surface area contributed by atoms with Crippen LogP contribution in [0.25, 0.3) is 0 Å². The number of carboxylic acids is 1. The van der Waals surface area contributed by atoms with E-state index in [4.69, 9.17) is 9.53 Å². The minimum Gasteiger partial charge on any atom is -0.480 e. The molecule has 0 saturated heterocycles. The molecular formula is C20H33NO3Si. The highest BCUT2D eigenvalue weighted by Gasteiger charge is 2.40. The Morgan fingerprint density at radius 1 is 1.24 bits per heavy atom. The first-order valence-electron chi connectivity index (χ1n) is 9.24. The van der Waals surface area contributed by atoms with Gasteiger partial charge in [0.25, 0.3) is 0 Å². The number of benzene rings is 1. The maximum absolute atomic E-state index is 10.9. The van der Waals surface area contributed by atoms with Gasteiger partial charge in [0.1, 0.15) is 0 Å². The Balaban J connectivity index is 2.07. The van der Waals surface area contributed by atoms with Crippen LogP contribution in [0.3, 0.4) is 0 Å². The van der Waals surface area contributed by atoms with Gasteiger partial charge in [-0.05, 0) is 48.4 Å². The van der Waals surface area contributed by atoms with Gasteiger partial charge in [0, 0.05) is 12.6 Å². The lowest BCUT2D eigenvalue weighted by molar-refractivity contribution is -0.136. The molecule has 3 atom stereocenters. The number of nitrogens with one attached hydrogen (secondary N) is 1. The highest BCUT2D eigenvalue weighted by molar-refractivity contribution is 6.74. The van der Waals surface area contributed by atoms with Crippen molar-refractivity contribution in [3.63, 3.8) is 0 Å². The molecule has 5 heteroatoms. The third kappa shape index (κ3) is 5.40. The van der Waals surface area contributed by atoms with Crippen molar-refractivity contribution >= 4 is 14.3 Å². The SMILES string of the molecule is CC(C)(C)[Si](C)(C)OCC1CC(NCC(=O)O)CC1c1ccccc1. The molecule has 140 valence electrons. The van der Waals surface area contributed by atoms with E-state index in [1.807, 2.05) is 6.07 Å². The minimum atomic E-state index is -1.78. The van der Waals surface area contributed by atoms with Crippen molar-refractivity contribution in [3.05, 3.63) is 35.9 Å². The first kappa shape index (κ1) is 20.1. The lowest BCUT2D eigenvalue weighted by Crippen LogP contribution is -2.42. The Bertz CT molecular complexity index is 568. The fourth-order valence-electron chi connectivity index (χ4n) is 3.35. The van der Waals surface area contributed by atoms with E-state index in [0.29, 0.717) is 11.8 Å². The van der Waals surface area contributed by atoms with Crippen LogP contribution in [0.5, 0.6) is 0 Å². The second-order valence-electron chi connectivity index (χ2n) is 8.79. The van der Waals surface area contributed by atoms with Crippen LogP contribution in [0.15, 0.2) is 30.3 Å². The van der Waals surface area contributed by atoms with Crippen LogP contribution in [-0.2, 0) is 9.22 Å². The van der Waals surface area contributed by atoms with Crippen LogP contribution in [-0.4, -0.2) is 38.6 Å². The van der Waals surface area contributed by atoms with Crippen molar-refractivity contribution in [1.29, 1.82) is 0 Å². The third-order valence-corrected chi connectivity index (χ3v) is 10.4. The van der Waals surface area contributed by atoms with Crippen molar-refractivity contribution in [2.24, 2.45) is 5.92 Å². The maximum atomic E-state index is 10.9. The van der Waals surface area contributed by atoms with Gasteiger partial charge in [-0.2, -0.15) is 0 Å². The Kier molecular flexibility index (Phi) is 6.46. The normalized spacial score (nSPS) is 24.4. The van der Waals surface area contributed by atoms with Gasteiger partial charge in [0.15, 0.2) is 8.32 Å². The average Bonchev–Trinajstić information content (AvgIpc) is 2.94. The molecule has 0 bridgehead atoms.